The summed E-state index contributed by atoms with van der Waals surface area (Å²) in [7, 11) is 1.00. The summed E-state index contributed by atoms with van der Waals surface area (Å²) in [6.45, 7) is 0. The fourth-order valence-corrected chi connectivity index (χ4v) is 2.04. The third-order valence-corrected chi connectivity index (χ3v) is 3.62. The quantitative estimate of drug-likeness (QED) is 0.549. The number of aliphatic hydroxyl groups is 1. The molecule has 0 aliphatic rings. The van der Waals surface area contributed by atoms with Crippen LogP contribution in [-0.2, 0) is 4.79 Å². The maximum atomic E-state index is 12.7. The number of carbonyl (C=O) groups excluding carboxylic acids is 1. The van der Waals surface area contributed by atoms with E-state index in [-0.39, 0.29) is 24.5 Å². The molecule has 0 saturated carbocycles. The molecule has 0 fully saturated rings. The van der Waals surface area contributed by atoms with E-state index in [9.17, 15) is 9.18 Å². The van der Waals surface area contributed by atoms with Gasteiger partial charge in [0.15, 0.2) is 0 Å². The van der Waals surface area contributed by atoms with Crippen LogP contribution in [-0.4, -0.2) is 28.8 Å². The molecular weight excluding hydrogens is 356 g/mol. The summed E-state index contributed by atoms with van der Waals surface area (Å²) in [6.07, 6.45) is 1.60. The first-order chi connectivity index (χ1) is 11.5. The molecule has 0 atom stereocenters. The van der Waals surface area contributed by atoms with Gasteiger partial charge in [-0.25, -0.2) is 4.98 Å². The first-order valence-electron chi connectivity index (χ1n) is 6.84. The van der Waals surface area contributed by atoms with Crippen molar-refractivity contribution >= 4 is 40.5 Å². The largest absolute Gasteiger partial charge is 0.400 e. The number of rotatable bonds is 5. The van der Waals surface area contributed by atoms with Crippen molar-refractivity contribution in [2.75, 3.05) is 12.4 Å². The molecule has 24 heavy (non-hydrogen) atoms. The molecule has 0 spiro atoms. The summed E-state index contributed by atoms with van der Waals surface area (Å²) in [6, 6.07) is 7.46. The number of halogens is 3. The summed E-state index contributed by atoms with van der Waals surface area (Å²) in [5.74, 6) is -0.891. The predicted molar refractivity (Wildman–Crippen MR) is 93.5 cm³/mol. The normalized spacial score (nSPS) is 9.71. The first-order valence-corrected chi connectivity index (χ1v) is 7.60. The molecule has 1 aromatic heterocycles. The van der Waals surface area contributed by atoms with Crippen LogP contribution >= 0.6 is 23.2 Å². The van der Waals surface area contributed by atoms with Crippen molar-refractivity contribution in [3.05, 3.63) is 58.1 Å². The van der Waals surface area contributed by atoms with E-state index in [1.54, 1.807) is 18.2 Å². The Balaban J connectivity index is 0.00000139. The molecular formula is C16H16Cl2FN3O2. The molecule has 0 unspecified atom stereocenters. The van der Waals surface area contributed by atoms with Gasteiger partial charge in [-0.05, 0) is 36.2 Å². The summed E-state index contributed by atoms with van der Waals surface area (Å²) in [4.78, 5) is 15.2. The second-order valence-corrected chi connectivity index (χ2v) is 5.34. The number of nitrogens with zero attached hydrogens (tertiary/aromatic N) is 1. The Morgan fingerprint density at radius 1 is 1.21 bits per heavy atom. The molecule has 3 N–H and O–H groups in total. The highest BCUT2D eigenvalue weighted by Gasteiger charge is 2.08. The van der Waals surface area contributed by atoms with E-state index in [0.29, 0.717) is 21.3 Å². The molecule has 128 valence electrons. The van der Waals surface area contributed by atoms with Gasteiger partial charge in [0.1, 0.15) is 0 Å². The number of hydrogen-bond donors (Lipinski definition) is 3. The lowest BCUT2D eigenvalue weighted by Crippen LogP contribution is -2.13. The van der Waals surface area contributed by atoms with Crippen molar-refractivity contribution in [3.63, 3.8) is 0 Å². The van der Waals surface area contributed by atoms with Crippen LogP contribution in [0.4, 0.5) is 10.1 Å². The Kier molecular flexibility index (Phi) is 8.32. The molecule has 8 heteroatoms. The second-order valence-electron chi connectivity index (χ2n) is 4.53. The number of hydrogen-bond acceptors (Lipinski definition) is 4. The number of carbonyl (C=O) groups is 1. The number of aliphatic hydroxyl groups excluding tert-OH is 1. The zero-order valence-corrected chi connectivity index (χ0v) is 14.3. The van der Waals surface area contributed by atoms with Crippen LogP contribution in [0.5, 0.6) is 0 Å². The number of pyridine rings is 1. The SMILES string of the molecule is CO.N=C(CCC(=O)Nc1ccc(F)nc1)c1ccc(Cl)c(Cl)c1. The highest BCUT2D eigenvalue weighted by Crippen LogP contribution is 2.23. The molecule has 1 amide bonds. The van der Waals surface area contributed by atoms with E-state index in [2.05, 4.69) is 10.3 Å². The van der Waals surface area contributed by atoms with Crippen LogP contribution in [0.2, 0.25) is 10.0 Å². The minimum Gasteiger partial charge on any atom is -0.400 e. The molecule has 1 aromatic carbocycles. The van der Waals surface area contributed by atoms with Crippen molar-refractivity contribution < 1.29 is 14.3 Å². The lowest BCUT2D eigenvalue weighted by Gasteiger charge is -2.07. The number of nitrogens with one attached hydrogen (secondary N) is 2. The molecule has 0 aliphatic carbocycles. The number of aromatic nitrogens is 1. The average molecular weight is 372 g/mol. The summed E-state index contributed by atoms with van der Waals surface area (Å²) in [5, 5.41) is 18.3. The molecule has 0 aliphatic heterocycles. The minimum atomic E-state index is -0.612. The Morgan fingerprint density at radius 3 is 2.50 bits per heavy atom. The maximum Gasteiger partial charge on any atom is 0.224 e. The summed E-state index contributed by atoms with van der Waals surface area (Å²) < 4.78 is 12.7. The Morgan fingerprint density at radius 2 is 1.92 bits per heavy atom. The lowest BCUT2D eigenvalue weighted by molar-refractivity contribution is -0.116. The zero-order chi connectivity index (χ0) is 18.1. The van der Waals surface area contributed by atoms with Gasteiger partial charge in [-0.15, -0.1) is 0 Å². The standard InChI is InChI=1S/C15H12Cl2FN3O.CH4O/c16-11-3-1-9(7-12(11)17)13(19)4-6-15(22)21-10-2-5-14(18)20-8-10;1-2/h1-3,5,7-8,19H,4,6H2,(H,21,22);2H,1H3. The van der Waals surface area contributed by atoms with E-state index in [1.165, 1.54) is 12.3 Å². The highest BCUT2D eigenvalue weighted by atomic mass is 35.5. The van der Waals surface area contributed by atoms with E-state index in [0.717, 1.165) is 13.2 Å². The smallest absolute Gasteiger partial charge is 0.224 e. The predicted octanol–water partition coefficient (Wildman–Crippen LogP) is 3.92. The highest BCUT2D eigenvalue weighted by molar-refractivity contribution is 6.42. The molecule has 5 nitrogen and oxygen atoms in total. The zero-order valence-electron chi connectivity index (χ0n) is 12.8. The van der Waals surface area contributed by atoms with Crippen molar-refractivity contribution in [1.82, 2.24) is 4.98 Å². The van der Waals surface area contributed by atoms with Crippen molar-refractivity contribution in [2.24, 2.45) is 0 Å². The van der Waals surface area contributed by atoms with Crippen LogP contribution < -0.4 is 5.32 Å². The van der Waals surface area contributed by atoms with E-state index in [4.69, 9.17) is 33.7 Å². The molecule has 2 aromatic rings. The van der Waals surface area contributed by atoms with Crippen molar-refractivity contribution in [2.45, 2.75) is 12.8 Å². The molecule has 1 heterocycles. The van der Waals surface area contributed by atoms with Gasteiger partial charge in [0.25, 0.3) is 0 Å². The molecule has 0 bridgehead atoms. The van der Waals surface area contributed by atoms with Gasteiger partial charge in [0, 0.05) is 19.2 Å². The van der Waals surface area contributed by atoms with E-state index < -0.39 is 5.95 Å². The van der Waals surface area contributed by atoms with Gasteiger partial charge in [-0.1, -0.05) is 29.3 Å². The van der Waals surface area contributed by atoms with Gasteiger partial charge < -0.3 is 15.8 Å². The topological polar surface area (TPSA) is 86.1 Å². The average Bonchev–Trinajstić information content (AvgIpc) is 2.59. The van der Waals surface area contributed by atoms with Crippen LogP contribution in [0.3, 0.4) is 0 Å². The van der Waals surface area contributed by atoms with E-state index >= 15 is 0 Å². The van der Waals surface area contributed by atoms with Crippen molar-refractivity contribution in [3.8, 4) is 0 Å². The lowest BCUT2D eigenvalue weighted by atomic mass is 10.1. The Bertz CT molecular complexity index is 709. The minimum absolute atomic E-state index is 0.121. The fourth-order valence-electron chi connectivity index (χ4n) is 1.74. The summed E-state index contributed by atoms with van der Waals surface area (Å²) >= 11 is 11.7. The van der Waals surface area contributed by atoms with Gasteiger partial charge in [-0.2, -0.15) is 4.39 Å². The molecule has 0 saturated heterocycles. The third kappa shape index (κ3) is 6.23. The molecule has 0 radical (unpaired) electrons. The van der Waals surface area contributed by atoms with Crippen LogP contribution in [0.15, 0.2) is 36.5 Å². The maximum absolute atomic E-state index is 12.7. The molecule has 2 rings (SSSR count). The second kappa shape index (κ2) is 9.97. The monoisotopic (exact) mass is 371 g/mol. The summed E-state index contributed by atoms with van der Waals surface area (Å²) in [5.41, 5.74) is 1.31. The van der Waals surface area contributed by atoms with Crippen molar-refractivity contribution in [1.29, 1.82) is 5.41 Å². The van der Waals surface area contributed by atoms with Gasteiger partial charge in [0.05, 0.1) is 21.9 Å². The number of amides is 1. The fraction of sp³-hybridized carbons (Fsp3) is 0.188. The number of benzene rings is 1. The van der Waals surface area contributed by atoms with E-state index in [1.807, 2.05) is 0 Å². The third-order valence-electron chi connectivity index (χ3n) is 2.88. The van der Waals surface area contributed by atoms with Crippen LogP contribution in [0.1, 0.15) is 18.4 Å². The van der Waals surface area contributed by atoms with Crippen LogP contribution in [0, 0.1) is 11.4 Å². The first kappa shape index (κ1) is 20.0. The van der Waals surface area contributed by atoms with Crippen LogP contribution in [0.25, 0.3) is 0 Å². The Labute approximate surface area is 149 Å². The van der Waals surface area contributed by atoms with Gasteiger partial charge in [0.2, 0.25) is 11.9 Å². The van der Waals surface area contributed by atoms with Gasteiger partial charge in [-0.3, -0.25) is 4.79 Å². The Hall–Kier alpha value is -2.02. The number of anilines is 1. The van der Waals surface area contributed by atoms with Gasteiger partial charge >= 0.3 is 0 Å².